The van der Waals surface area contributed by atoms with E-state index in [0.29, 0.717) is 11.6 Å². The highest BCUT2D eigenvalue weighted by Gasteiger charge is 2.24. The molecule has 0 saturated heterocycles. The van der Waals surface area contributed by atoms with Crippen LogP contribution in [0.1, 0.15) is 34.3 Å². The first-order valence-corrected chi connectivity index (χ1v) is 8.66. The first kappa shape index (κ1) is 16.5. The van der Waals surface area contributed by atoms with Crippen LogP contribution in [0.2, 0.25) is 0 Å². The summed E-state index contributed by atoms with van der Waals surface area (Å²) < 4.78 is 1.72. The van der Waals surface area contributed by atoms with Crippen molar-refractivity contribution >= 4 is 5.91 Å². The fourth-order valence-electron chi connectivity index (χ4n) is 2.86. The largest absolute Gasteiger partial charge is 0.392 e. The molecule has 0 atom stereocenters. The number of carbonyl (C=O) groups is 1. The van der Waals surface area contributed by atoms with Crippen LogP contribution in [-0.4, -0.2) is 31.8 Å². The molecule has 1 aliphatic rings. The van der Waals surface area contributed by atoms with Crippen LogP contribution >= 0.6 is 0 Å². The smallest absolute Gasteiger partial charge is 0.251 e. The Morgan fingerprint density at radius 3 is 2.88 bits per heavy atom. The first-order valence-electron chi connectivity index (χ1n) is 8.66. The van der Waals surface area contributed by atoms with Crippen molar-refractivity contribution in [3.05, 3.63) is 65.7 Å². The highest BCUT2D eigenvalue weighted by molar-refractivity contribution is 5.96. The zero-order valence-electron chi connectivity index (χ0n) is 14.5. The summed E-state index contributed by atoms with van der Waals surface area (Å²) in [7, 11) is 0. The van der Waals surface area contributed by atoms with Crippen LogP contribution in [-0.2, 0) is 6.61 Å². The molecular weight excluding hydrogens is 328 g/mol. The number of amides is 1. The maximum Gasteiger partial charge on any atom is 0.251 e. The number of benzene rings is 1. The number of aryl methyl sites for hydroxylation is 1. The van der Waals surface area contributed by atoms with E-state index < -0.39 is 0 Å². The van der Waals surface area contributed by atoms with Crippen molar-refractivity contribution in [1.29, 1.82) is 0 Å². The van der Waals surface area contributed by atoms with Gasteiger partial charge in [-0.2, -0.15) is 5.10 Å². The minimum absolute atomic E-state index is 0.0269. The monoisotopic (exact) mass is 348 g/mol. The van der Waals surface area contributed by atoms with E-state index in [1.54, 1.807) is 23.3 Å². The number of aromatic nitrogens is 3. The number of hydrogen-bond acceptors (Lipinski definition) is 4. The van der Waals surface area contributed by atoms with Crippen LogP contribution < -0.4 is 5.32 Å². The lowest BCUT2D eigenvalue weighted by Gasteiger charge is -2.08. The van der Waals surface area contributed by atoms with Gasteiger partial charge >= 0.3 is 0 Å². The van der Waals surface area contributed by atoms with E-state index in [1.165, 1.54) is 0 Å². The van der Waals surface area contributed by atoms with E-state index in [-0.39, 0.29) is 12.5 Å². The van der Waals surface area contributed by atoms with E-state index in [2.05, 4.69) is 15.4 Å². The summed E-state index contributed by atoms with van der Waals surface area (Å²) in [5.41, 5.74) is 5.16. The summed E-state index contributed by atoms with van der Waals surface area (Å²) in [4.78, 5) is 16.5. The van der Waals surface area contributed by atoms with Gasteiger partial charge in [-0.3, -0.25) is 9.78 Å². The van der Waals surface area contributed by atoms with E-state index in [0.717, 1.165) is 40.8 Å². The molecule has 6 nitrogen and oxygen atoms in total. The molecule has 0 bridgehead atoms. The van der Waals surface area contributed by atoms with Crippen LogP contribution in [0.25, 0.3) is 16.8 Å². The molecule has 1 aliphatic carbocycles. The minimum Gasteiger partial charge on any atom is -0.392 e. The summed E-state index contributed by atoms with van der Waals surface area (Å²) >= 11 is 0. The third kappa shape index (κ3) is 3.36. The Hall–Kier alpha value is -2.99. The molecule has 2 heterocycles. The predicted molar refractivity (Wildman–Crippen MR) is 97.9 cm³/mol. The molecule has 3 aromatic rings. The molecule has 0 radical (unpaired) electrons. The normalized spacial score (nSPS) is 13.6. The number of carbonyl (C=O) groups excluding carboxylic acids is 1. The summed E-state index contributed by atoms with van der Waals surface area (Å²) in [5, 5.41) is 16.7. The average Bonchev–Trinajstić information content (AvgIpc) is 3.34. The van der Waals surface area contributed by atoms with E-state index in [9.17, 15) is 9.90 Å². The topological polar surface area (TPSA) is 80.0 Å². The summed E-state index contributed by atoms with van der Waals surface area (Å²) in [5.74, 6) is -0.0269. The molecule has 0 unspecified atom stereocenters. The quantitative estimate of drug-likeness (QED) is 0.743. The zero-order valence-corrected chi connectivity index (χ0v) is 14.5. The van der Waals surface area contributed by atoms with Gasteiger partial charge in [-0.25, -0.2) is 4.68 Å². The van der Waals surface area contributed by atoms with E-state index in [1.807, 2.05) is 37.4 Å². The fraction of sp³-hybridized carbons (Fsp3) is 0.250. The third-order valence-corrected chi connectivity index (χ3v) is 4.53. The number of pyridine rings is 1. The summed E-state index contributed by atoms with van der Waals surface area (Å²) in [6.45, 7) is 1.95. The van der Waals surface area contributed by atoms with Crippen LogP contribution in [0.3, 0.4) is 0 Å². The van der Waals surface area contributed by atoms with Crippen molar-refractivity contribution in [3.63, 3.8) is 0 Å². The summed E-state index contributed by atoms with van der Waals surface area (Å²) in [6, 6.07) is 7.91. The van der Waals surface area contributed by atoms with Crippen molar-refractivity contribution < 1.29 is 9.90 Å². The van der Waals surface area contributed by atoms with Gasteiger partial charge in [-0.15, -0.1) is 0 Å². The van der Waals surface area contributed by atoms with Gasteiger partial charge in [-0.1, -0.05) is 6.07 Å². The number of hydrogen-bond donors (Lipinski definition) is 2. The Balaban J connectivity index is 1.65. The van der Waals surface area contributed by atoms with Gasteiger partial charge in [0.05, 0.1) is 24.7 Å². The Bertz CT molecular complexity index is 960. The van der Waals surface area contributed by atoms with E-state index >= 15 is 0 Å². The van der Waals surface area contributed by atoms with Gasteiger partial charge in [0.1, 0.15) is 0 Å². The second kappa shape index (κ2) is 6.72. The Morgan fingerprint density at radius 2 is 2.12 bits per heavy atom. The van der Waals surface area contributed by atoms with Crippen molar-refractivity contribution in [2.24, 2.45) is 0 Å². The van der Waals surface area contributed by atoms with Crippen molar-refractivity contribution in [2.45, 2.75) is 32.4 Å². The van der Waals surface area contributed by atoms with Crippen LogP contribution in [0, 0.1) is 6.92 Å². The van der Waals surface area contributed by atoms with Crippen LogP contribution in [0.4, 0.5) is 0 Å². The maximum absolute atomic E-state index is 12.3. The van der Waals surface area contributed by atoms with E-state index in [4.69, 9.17) is 0 Å². The molecule has 1 aromatic carbocycles. The lowest BCUT2D eigenvalue weighted by atomic mass is 10.0. The molecule has 2 aromatic heterocycles. The lowest BCUT2D eigenvalue weighted by Crippen LogP contribution is -2.25. The van der Waals surface area contributed by atoms with Gasteiger partial charge < -0.3 is 10.4 Å². The highest BCUT2D eigenvalue weighted by atomic mass is 16.3. The third-order valence-electron chi connectivity index (χ3n) is 4.53. The van der Waals surface area contributed by atoms with Gasteiger partial charge in [0.2, 0.25) is 0 Å². The highest BCUT2D eigenvalue weighted by Crippen LogP contribution is 2.26. The number of aliphatic hydroxyl groups excluding tert-OH is 1. The number of rotatable bonds is 5. The molecule has 6 heteroatoms. The van der Waals surface area contributed by atoms with Gasteiger partial charge in [0.15, 0.2) is 0 Å². The number of nitrogens with one attached hydrogen (secondary N) is 1. The van der Waals surface area contributed by atoms with Gasteiger partial charge in [0.25, 0.3) is 5.91 Å². The minimum atomic E-state index is -0.0633. The second-order valence-corrected chi connectivity index (χ2v) is 6.66. The number of aliphatic hydroxyl groups is 1. The lowest BCUT2D eigenvalue weighted by molar-refractivity contribution is 0.0951. The Morgan fingerprint density at radius 1 is 1.27 bits per heavy atom. The van der Waals surface area contributed by atoms with Gasteiger partial charge in [0, 0.05) is 29.6 Å². The van der Waals surface area contributed by atoms with Gasteiger partial charge in [-0.05, 0) is 54.7 Å². The first-order chi connectivity index (χ1) is 12.6. The van der Waals surface area contributed by atoms with Crippen molar-refractivity contribution in [3.8, 4) is 16.8 Å². The fourth-order valence-corrected chi connectivity index (χ4v) is 2.86. The average molecular weight is 348 g/mol. The molecule has 1 amide bonds. The Kier molecular flexibility index (Phi) is 4.26. The molecule has 4 rings (SSSR count). The SMILES string of the molecule is Cc1ccc(C(=O)NC2CC2)cc1-c1cnn(-c2cncc(CO)c2)c1. The molecule has 132 valence electrons. The van der Waals surface area contributed by atoms with Crippen LogP contribution in [0.5, 0.6) is 0 Å². The molecule has 2 N–H and O–H groups in total. The maximum atomic E-state index is 12.3. The molecular formula is C20H20N4O2. The zero-order chi connectivity index (χ0) is 18.1. The molecule has 1 saturated carbocycles. The van der Waals surface area contributed by atoms with Crippen LogP contribution in [0.15, 0.2) is 49.1 Å². The second-order valence-electron chi connectivity index (χ2n) is 6.66. The molecule has 26 heavy (non-hydrogen) atoms. The molecule has 0 aliphatic heterocycles. The summed E-state index contributed by atoms with van der Waals surface area (Å²) in [6.07, 6.45) is 9.14. The predicted octanol–water partition coefficient (Wildman–Crippen LogP) is 2.63. The Labute approximate surface area is 151 Å². The number of nitrogens with zero attached hydrogens (tertiary/aromatic N) is 3. The standard InChI is InChI=1S/C20H20N4O2/c1-13-2-3-15(20(26)23-17-4-5-17)7-19(13)16-9-22-24(11-16)18-6-14(12-25)8-21-10-18/h2-3,6-11,17,25H,4-5,12H2,1H3,(H,23,26). The molecule has 1 fully saturated rings. The molecule has 0 spiro atoms. The van der Waals surface area contributed by atoms with Crippen molar-refractivity contribution in [2.75, 3.05) is 0 Å². The van der Waals surface area contributed by atoms with Crippen molar-refractivity contribution in [1.82, 2.24) is 20.1 Å².